The highest BCUT2D eigenvalue weighted by Gasteiger charge is 2.02. The van der Waals surface area contributed by atoms with Gasteiger partial charge in [0.05, 0.1) is 0 Å². The molecule has 4 aromatic rings. The van der Waals surface area contributed by atoms with Crippen molar-refractivity contribution >= 4 is 48.2 Å². The van der Waals surface area contributed by atoms with Crippen LogP contribution in [0.5, 0.6) is 0 Å². The van der Waals surface area contributed by atoms with E-state index in [-0.39, 0.29) is 0 Å². The molecule has 1 heteroatoms. The third-order valence-electron chi connectivity index (χ3n) is 3.66. The molecule has 0 amide bonds. The van der Waals surface area contributed by atoms with Gasteiger partial charge >= 0.3 is 0 Å². The fraction of sp³-hybridized carbons (Fsp3) is 0. The van der Waals surface area contributed by atoms with E-state index in [4.69, 9.17) is 0 Å². The van der Waals surface area contributed by atoms with Crippen LogP contribution in [0.1, 0.15) is 0 Å². The van der Waals surface area contributed by atoms with Crippen molar-refractivity contribution in [1.82, 2.24) is 0 Å². The smallest absolute Gasteiger partial charge is 0.0181 e. The Kier molecular flexibility index (Phi) is 2.36. The quantitative estimate of drug-likeness (QED) is 0.280. The van der Waals surface area contributed by atoms with E-state index in [1.807, 2.05) is 0 Å². The number of hydrogen-bond acceptors (Lipinski definition) is 0. The summed E-state index contributed by atoms with van der Waals surface area (Å²) in [5.41, 5.74) is 0. The second-order valence-electron chi connectivity index (χ2n) is 4.85. The van der Waals surface area contributed by atoms with Crippen molar-refractivity contribution in [2.75, 3.05) is 0 Å². The van der Waals surface area contributed by atoms with Crippen LogP contribution in [0.2, 0.25) is 0 Å². The Morgan fingerprint density at radius 1 is 0.526 bits per heavy atom. The zero-order chi connectivity index (χ0) is 12.8. The van der Waals surface area contributed by atoms with Gasteiger partial charge in [0.25, 0.3) is 0 Å². The zero-order valence-electron chi connectivity index (χ0n) is 10.2. The first kappa shape index (κ1) is 11.0. The molecule has 90 valence electrons. The molecule has 0 saturated carbocycles. The van der Waals surface area contributed by atoms with Crippen LogP contribution in [0.3, 0.4) is 0 Å². The molecule has 0 fully saturated rings. The first-order valence-corrected chi connectivity index (χ1v) is 7.11. The van der Waals surface area contributed by atoms with Crippen molar-refractivity contribution in [3.05, 3.63) is 71.2 Å². The normalized spacial score (nSPS) is 11.4. The standard InChI is InChI=1S/C18H11Br/c19-16-8-7-13-9-14-6-5-12-3-1-2-4-17(12)18(14)11-15(13)10-16/h1-11H. The molecule has 4 aromatic carbocycles. The molecule has 0 unspecified atom stereocenters. The van der Waals surface area contributed by atoms with Crippen molar-refractivity contribution in [2.24, 2.45) is 0 Å². The van der Waals surface area contributed by atoms with Crippen LogP contribution in [0.4, 0.5) is 0 Å². The Morgan fingerprint density at radius 3 is 2.26 bits per heavy atom. The zero-order valence-corrected chi connectivity index (χ0v) is 11.8. The van der Waals surface area contributed by atoms with Crippen LogP contribution in [-0.4, -0.2) is 0 Å². The Bertz CT molecular complexity index is 922. The van der Waals surface area contributed by atoms with E-state index < -0.39 is 0 Å². The van der Waals surface area contributed by atoms with Crippen LogP contribution in [0.25, 0.3) is 32.3 Å². The summed E-state index contributed by atoms with van der Waals surface area (Å²) < 4.78 is 1.12. The fourth-order valence-corrected chi connectivity index (χ4v) is 3.10. The lowest BCUT2D eigenvalue weighted by Crippen LogP contribution is -1.79. The third kappa shape index (κ3) is 1.73. The predicted octanol–water partition coefficient (Wildman–Crippen LogP) is 5.91. The van der Waals surface area contributed by atoms with E-state index in [1.54, 1.807) is 0 Å². The monoisotopic (exact) mass is 306 g/mol. The molecule has 0 heterocycles. The maximum atomic E-state index is 3.55. The number of fused-ring (bicyclic) bond motifs is 4. The van der Waals surface area contributed by atoms with Crippen molar-refractivity contribution < 1.29 is 0 Å². The number of halogens is 1. The van der Waals surface area contributed by atoms with Crippen molar-refractivity contribution in [3.63, 3.8) is 0 Å². The minimum atomic E-state index is 1.12. The molecule has 0 saturated heterocycles. The van der Waals surface area contributed by atoms with E-state index in [0.717, 1.165) is 4.47 Å². The molecule has 0 N–H and O–H groups in total. The van der Waals surface area contributed by atoms with Gasteiger partial charge in [-0.25, -0.2) is 0 Å². The lowest BCUT2D eigenvalue weighted by Gasteiger charge is -2.06. The summed E-state index contributed by atoms with van der Waals surface area (Å²) in [4.78, 5) is 0. The third-order valence-corrected chi connectivity index (χ3v) is 4.16. The fourth-order valence-electron chi connectivity index (χ4n) is 2.72. The maximum Gasteiger partial charge on any atom is 0.0181 e. The van der Waals surface area contributed by atoms with Crippen LogP contribution < -0.4 is 0 Å². The summed E-state index contributed by atoms with van der Waals surface area (Å²) in [6.45, 7) is 0. The van der Waals surface area contributed by atoms with E-state index in [9.17, 15) is 0 Å². The highest BCUT2D eigenvalue weighted by atomic mass is 79.9. The molecule has 4 rings (SSSR count). The molecule has 0 aliphatic heterocycles. The van der Waals surface area contributed by atoms with E-state index >= 15 is 0 Å². The highest BCUT2D eigenvalue weighted by molar-refractivity contribution is 9.10. The molecule has 0 nitrogen and oxygen atoms in total. The van der Waals surface area contributed by atoms with Gasteiger partial charge in [-0.1, -0.05) is 58.4 Å². The lowest BCUT2D eigenvalue weighted by atomic mass is 9.98. The van der Waals surface area contributed by atoms with Gasteiger partial charge in [-0.3, -0.25) is 0 Å². The molecular weight excluding hydrogens is 296 g/mol. The summed E-state index contributed by atoms with van der Waals surface area (Å²) in [6, 6.07) is 23.9. The number of hydrogen-bond donors (Lipinski definition) is 0. The Labute approximate surface area is 119 Å². The van der Waals surface area contributed by atoms with Crippen molar-refractivity contribution in [3.8, 4) is 0 Å². The molecule has 0 aromatic heterocycles. The molecule has 19 heavy (non-hydrogen) atoms. The van der Waals surface area contributed by atoms with Crippen molar-refractivity contribution in [2.45, 2.75) is 0 Å². The number of benzene rings is 4. The summed E-state index contributed by atoms with van der Waals surface area (Å²) in [6.07, 6.45) is 0. The van der Waals surface area contributed by atoms with Crippen LogP contribution >= 0.6 is 15.9 Å². The summed E-state index contributed by atoms with van der Waals surface area (Å²) >= 11 is 3.55. The van der Waals surface area contributed by atoms with E-state index in [2.05, 4.69) is 82.7 Å². The first-order valence-electron chi connectivity index (χ1n) is 6.32. The summed E-state index contributed by atoms with van der Waals surface area (Å²) in [5, 5.41) is 7.80. The largest absolute Gasteiger partial charge is 0.0616 e. The average molecular weight is 307 g/mol. The second kappa shape index (κ2) is 4.07. The summed E-state index contributed by atoms with van der Waals surface area (Å²) in [5.74, 6) is 0. The minimum Gasteiger partial charge on any atom is -0.0616 e. The van der Waals surface area contributed by atoms with Gasteiger partial charge in [0.15, 0.2) is 0 Å². The molecule has 0 aliphatic carbocycles. The Hall–Kier alpha value is -1.86. The van der Waals surface area contributed by atoms with Gasteiger partial charge in [0.2, 0.25) is 0 Å². The van der Waals surface area contributed by atoms with Gasteiger partial charge in [0.1, 0.15) is 0 Å². The van der Waals surface area contributed by atoms with Crippen LogP contribution in [0, 0.1) is 0 Å². The maximum absolute atomic E-state index is 3.55. The molecular formula is C18H11Br. The topological polar surface area (TPSA) is 0 Å². The minimum absolute atomic E-state index is 1.12. The van der Waals surface area contributed by atoms with Gasteiger partial charge in [0, 0.05) is 4.47 Å². The lowest BCUT2D eigenvalue weighted by molar-refractivity contribution is 1.73. The Balaban J connectivity index is 2.23. The molecule has 0 radical (unpaired) electrons. The average Bonchev–Trinajstić information content (AvgIpc) is 2.45. The van der Waals surface area contributed by atoms with Crippen molar-refractivity contribution in [1.29, 1.82) is 0 Å². The summed E-state index contributed by atoms with van der Waals surface area (Å²) in [7, 11) is 0. The van der Waals surface area contributed by atoms with E-state index in [0.29, 0.717) is 0 Å². The molecule has 0 bridgehead atoms. The van der Waals surface area contributed by atoms with Gasteiger partial charge in [-0.05, 0) is 56.6 Å². The van der Waals surface area contributed by atoms with Crippen LogP contribution in [0.15, 0.2) is 71.2 Å². The first-order chi connectivity index (χ1) is 9.31. The molecule has 0 spiro atoms. The molecule has 0 atom stereocenters. The predicted molar refractivity (Wildman–Crippen MR) is 86.7 cm³/mol. The van der Waals surface area contributed by atoms with Gasteiger partial charge in [-0.2, -0.15) is 0 Å². The van der Waals surface area contributed by atoms with Crippen LogP contribution in [-0.2, 0) is 0 Å². The highest BCUT2D eigenvalue weighted by Crippen LogP contribution is 2.30. The van der Waals surface area contributed by atoms with Gasteiger partial charge < -0.3 is 0 Å². The van der Waals surface area contributed by atoms with E-state index in [1.165, 1.54) is 32.3 Å². The Morgan fingerprint density at radius 2 is 1.32 bits per heavy atom. The SMILES string of the molecule is Brc1ccc2cc3ccc4ccccc4c3cc2c1. The second-order valence-corrected chi connectivity index (χ2v) is 5.77. The van der Waals surface area contributed by atoms with Gasteiger partial charge in [-0.15, -0.1) is 0 Å². The molecule has 0 aliphatic rings. The number of rotatable bonds is 0.